The number of alkyl halides is 3. The van der Waals surface area contributed by atoms with Crippen molar-refractivity contribution in [2.24, 2.45) is 7.05 Å². The van der Waals surface area contributed by atoms with E-state index in [9.17, 15) is 28.1 Å². The van der Waals surface area contributed by atoms with Crippen LogP contribution in [-0.4, -0.2) is 33.1 Å². The minimum atomic E-state index is -4.80. The highest BCUT2D eigenvalue weighted by Gasteiger charge is 2.38. The fourth-order valence-electron chi connectivity index (χ4n) is 3.41. The van der Waals surface area contributed by atoms with Gasteiger partial charge in [0.2, 0.25) is 0 Å². The number of aromatic nitrogens is 2. The van der Waals surface area contributed by atoms with Crippen LogP contribution in [0.4, 0.5) is 24.5 Å². The molecule has 0 bridgehead atoms. The summed E-state index contributed by atoms with van der Waals surface area (Å²) in [5.41, 5.74) is -1.54. The predicted octanol–water partition coefficient (Wildman–Crippen LogP) is 4.24. The SMILES string of the molecule is Cn1cc(C(=O)CC2CCCN2c2cc(Cl)c(C(F)(F)F)cc2[N+](=O)[O-])cn1. The van der Waals surface area contributed by atoms with Crippen molar-refractivity contribution >= 4 is 28.8 Å². The first kappa shape index (κ1) is 20.1. The first-order valence-corrected chi connectivity index (χ1v) is 8.79. The van der Waals surface area contributed by atoms with E-state index in [0.717, 1.165) is 6.07 Å². The number of hydrogen-bond donors (Lipinski definition) is 0. The Kier molecular flexibility index (Phi) is 5.33. The summed E-state index contributed by atoms with van der Waals surface area (Å²) in [5.74, 6) is -0.189. The molecule has 7 nitrogen and oxygen atoms in total. The Morgan fingerprint density at radius 1 is 1.43 bits per heavy atom. The zero-order valence-corrected chi connectivity index (χ0v) is 15.5. The number of nitrogens with zero attached hydrogens (tertiary/aromatic N) is 4. The molecule has 3 rings (SSSR count). The van der Waals surface area contributed by atoms with Gasteiger partial charge in [-0.3, -0.25) is 19.6 Å². The first-order chi connectivity index (χ1) is 13.1. The lowest BCUT2D eigenvalue weighted by Gasteiger charge is -2.26. The maximum atomic E-state index is 13.1. The van der Waals surface area contributed by atoms with Gasteiger partial charge in [0.1, 0.15) is 5.69 Å². The molecule has 1 unspecified atom stereocenters. The van der Waals surface area contributed by atoms with Crippen molar-refractivity contribution < 1.29 is 22.9 Å². The smallest absolute Gasteiger partial charge is 0.363 e. The maximum Gasteiger partial charge on any atom is 0.418 e. The summed E-state index contributed by atoms with van der Waals surface area (Å²) in [4.78, 5) is 24.6. The standard InChI is InChI=1S/C17H16ClF3N4O3/c1-23-9-10(8-22-23)16(26)5-11-3-2-4-24(11)14-7-13(18)12(17(19,20)21)6-15(14)25(27)28/h6-9,11H,2-5H2,1H3. The van der Waals surface area contributed by atoms with Gasteiger partial charge in [-0.1, -0.05) is 11.6 Å². The van der Waals surface area contributed by atoms with Crippen LogP contribution in [-0.2, 0) is 13.2 Å². The van der Waals surface area contributed by atoms with Gasteiger partial charge in [-0.05, 0) is 18.9 Å². The van der Waals surface area contributed by atoms with Gasteiger partial charge in [0, 0.05) is 38.3 Å². The summed E-state index contributed by atoms with van der Waals surface area (Å²) >= 11 is 5.77. The van der Waals surface area contributed by atoms with Crippen molar-refractivity contribution in [2.75, 3.05) is 11.4 Å². The van der Waals surface area contributed by atoms with Crippen molar-refractivity contribution in [1.82, 2.24) is 9.78 Å². The van der Waals surface area contributed by atoms with Crippen LogP contribution in [0.2, 0.25) is 5.02 Å². The van der Waals surface area contributed by atoms with E-state index >= 15 is 0 Å². The molecule has 1 saturated heterocycles. The minimum absolute atomic E-state index is 0.00973. The molecule has 150 valence electrons. The monoisotopic (exact) mass is 416 g/mol. The molecular weight excluding hydrogens is 401 g/mol. The zero-order chi connectivity index (χ0) is 20.6. The lowest BCUT2D eigenvalue weighted by molar-refractivity contribution is -0.384. The highest BCUT2D eigenvalue weighted by Crippen LogP contribution is 2.43. The Labute approximate surface area is 162 Å². The van der Waals surface area contributed by atoms with E-state index in [-0.39, 0.29) is 23.9 Å². The van der Waals surface area contributed by atoms with Gasteiger partial charge in [0.25, 0.3) is 5.69 Å². The molecule has 0 aliphatic carbocycles. The Hall–Kier alpha value is -2.62. The van der Waals surface area contributed by atoms with E-state index in [4.69, 9.17) is 11.6 Å². The summed E-state index contributed by atoms with van der Waals surface area (Å²) in [7, 11) is 1.67. The fourth-order valence-corrected chi connectivity index (χ4v) is 3.67. The molecule has 0 saturated carbocycles. The van der Waals surface area contributed by atoms with E-state index in [2.05, 4.69) is 5.10 Å². The van der Waals surface area contributed by atoms with Crippen LogP contribution in [0, 0.1) is 10.1 Å². The molecule has 1 aliphatic rings. The summed E-state index contributed by atoms with van der Waals surface area (Å²) in [6.45, 7) is 0.382. The molecule has 2 heterocycles. The summed E-state index contributed by atoms with van der Waals surface area (Å²) in [6.07, 6.45) is -0.497. The third-order valence-corrected chi connectivity index (χ3v) is 5.01. The maximum absolute atomic E-state index is 13.1. The van der Waals surface area contributed by atoms with Crippen LogP contribution < -0.4 is 4.90 Å². The molecule has 0 radical (unpaired) electrons. The van der Waals surface area contributed by atoms with Crippen LogP contribution in [0.5, 0.6) is 0 Å². The Balaban J connectivity index is 1.93. The van der Waals surface area contributed by atoms with E-state index in [1.165, 1.54) is 10.9 Å². The normalized spacial score (nSPS) is 17.2. The molecule has 2 aromatic rings. The van der Waals surface area contributed by atoms with Crippen LogP contribution in [0.15, 0.2) is 24.5 Å². The highest BCUT2D eigenvalue weighted by molar-refractivity contribution is 6.31. The number of anilines is 1. The van der Waals surface area contributed by atoms with Crippen molar-refractivity contribution in [2.45, 2.75) is 31.5 Å². The molecule has 1 fully saturated rings. The first-order valence-electron chi connectivity index (χ1n) is 8.41. The van der Waals surface area contributed by atoms with Crippen LogP contribution in [0.25, 0.3) is 0 Å². The predicted molar refractivity (Wildman–Crippen MR) is 95.6 cm³/mol. The molecule has 0 amide bonds. The molecule has 1 aliphatic heterocycles. The van der Waals surface area contributed by atoms with Crippen LogP contribution in [0.1, 0.15) is 35.2 Å². The quantitative estimate of drug-likeness (QED) is 0.413. The van der Waals surface area contributed by atoms with Gasteiger partial charge >= 0.3 is 6.18 Å². The molecule has 28 heavy (non-hydrogen) atoms. The van der Waals surface area contributed by atoms with Crippen molar-refractivity contribution in [3.05, 3.63) is 50.8 Å². The van der Waals surface area contributed by atoms with Gasteiger partial charge < -0.3 is 4.90 Å². The molecule has 11 heteroatoms. The number of carbonyl (C=O) groups is 1. The van der Waals surface area contributed by atoms with Gasteiger partial charge in [0.05, 0.1) is 27.3 Å². The van der Waals surface area contributed by atoms with E-state index < -0.39 is 27.4 Å². The number of carbonyl (C=O) groups excluding carboxylic acids is 1. The third kappa shape index (κ3) is 3.96. The number of halogens is 4. The second-order valence-corrected chi connectivity index (χ2v) is 7.00. The number of hydrogen-bond acceptors (Lipinski definition) is 5. The average Bonchev–Trinajstić information content (AvgIpc) is 3.22. The number of rotatable bonds is 5. The lowest BCUT2D eigenvalue weighted by atomic mass is 10.0. The molecule has 0 spiro atoms. The fraction of sp³-hybridized carbons (Fsp3) is 0.412. The third-order valence-electron chi connectivity index (χ3n) is 4.70. The Morgan fingerprint density at radius 2 is 2.14 bits per heavy atom. The van der Waals surface area contributed by atoms with Gasteiger partial charge in [-0.2, -0.15) is 18.3 Å². The van der Waals surface area contributed by atoms with Crippen molar-refractivity contribution in [3.8, 4) is 0 Å². The summed E-state index contributed by atoms with van der Waals surface area (Å²) in [5, 5.41) is 14.7. The molecule has 0 N–H and O–H groups in total. The number of ketones is 1. The summed E-state index contributed by atoms with van der Waals surface area (Å²) in [6, 6.07) is 1.05. The molecular formula is C17H16ClF3N4O3. The van der Waals surface area contributed by atoms with Gasteiger partial charge in [0.15, 0.2) is 5.78 Å². The van der Waals surface area contributed by atoms with Gasteiger partial charge in [-0.25, -0.2) is 0 Å². The minimum Gasteiger partial charge on any atom is -0.363 e. The summed E-state index contributed by atoms with van der Waals surface area (Å²) < 4.78 is 40.7. The largest absolute Gasteiger partial charge is 0.418 e. The lowest BCUT2D eigenvalue weighted by Crippen LogP contribution is -2.32. The number of nitro groups is 1. The number of nitro benzene ring substituents is 1. The average molecular weight is 417 g/mol. The number of aryl methyl sites for hydroxylation is 1. The van der Waals surface area contributed by atoms with Crippen LogP contribution >= 0.6 is 11.6 Å². The zero-order valence-electron chi connectivity index (χ0n) is 14.7. The number of benzene rings is 1. The van der Waals surface area contributed by atoms with E-state index in [1.54, 1.807) is 18.1 Å². The molecule has 1 aromatic carbocycles. The van der Waals surface area contributed by atoms with E-state index in [1.807, 2.05) is 0 Å². The second-order valence-electron chi connectivity index (χ2n) is 6.60. The van der Waals surface area contributed by atoms with Crippen molar-refractivity contribution in [1.29, 1.82) is 0 Å². The topological polar surface area (TPSA) is 81.3 Å². The number of Topliss-reactive ketones (excluding diaryl/α,β-unsaturated/α-hetero) is 1. The van der Waals surface area contributed by atoms with Crippen molar-refractivity contribution in [3.63, 3.8) is 0 Å². The van der Waals surface area contributed by atoms with E-state index in [0.29, 0.717) is 31.0 Å². The van der Waals surface area contributed by atoms with Gasteiger partial charge in [-0.15, -0.1) is 0 Å². The highest BCUT2D eigenvalue weighted by atomic mass is 35.5. The Morgan fingerprint density at radius 3 is 2.71 bits per heavy atom. The Bertz CT molecular complexity index is 929. The molecule has 1 atom stereocenters. The molecule has 1 aromatic heterocycles. The second kappa shape index (κ2) is 7.42. The van der Waals surface area contributed by atoms with Crippen LogP contribution in [0.3, 0.4) is 0 Å².